The number of hydrogen-bond donors (Lipinski definition) is 1. The van der Waals surface area contributed by atoms with Crippen LogP contribution in [0.2, 0.25) is 0 Å². The normalized spacial score (nSPS) is 7.94. The summed E-state index contributed by atoms with van der Waals surface area (Å²) in [5, 5.41) is 24.0. The van der Waals surface area contributed by atoms with Crippen molar-refractivity contribution in [3.05, 3.63) is 12.2 Å². The third kappa shape index (κ3) is 16.1. The van der Waals surface area contributed by atoms with Crippen LogP contribution in [0.1, 0.15) is 32.6 Å². The quantitative estimate of drug-likeness (QED) is 0.438. The predicted molar refractivity (Wildman–Crippen MR) is 63.1 cm³/mol. The summed E-state index contributed by atoms with van der Waals surface area (Å²) in [6.45, 7) is 5.10. The molecule has 0 spiro atoms. The van der Waals surface area contributed by atoms with Crippen LogP contribution in [0.3, 0.4) is 0 Å². The Morgan fingerprint density at radius 3 is 2.22 bits per heavy atom. The lowest BCUT2D eigenvalue weighted by molar-refractivity contribution is -0.139. The van der Waals surface area contributed by atoms with E-state index < -0.39 is 11.9 Å². The van der Waals surface area contributed by atoms with Gasteiger partial charge >= 0.3 is 11.9 Å². The zero-order valence-corrected chi connectivity index (χ0v) is 10.3. The number of esters is 1. The number of carboxylic acids is 1. The van der Waals surface area contributed by atoms with Gasteiger partial charge in [0.1, 0.15) is 6.61 Å². The minimum atomic E-state index is -0.833. The summed E-state index contributed by atoms with van der Waals surface area (Å²) in [6, 6.07) is 3.71. The number of rotatable bonds is 6. The number of hydrogen-bond acceptors (Lipinski definition) is 5. The van der Waals surface area contributed by atoms with Crippen LogP contribution in [-0.2, 0) is 14.3 Å². The van der Waals surface area contributed by atoms with Gasteiger partial charge in [-0.05, 0) is 13.3 Å². The number of ether oxygens (including phenoxy) is 1. The van der Waals surface area contributed by atoms with E-state index in [1.165, 1.54) is 0 Å². The Morgan fingerprint density at radius 1 is 1.28 bits per heavy atom. The Morgan fingerprint density at radius 2 is 1.83 bits per heavy atom. The van der Waals surface area contributed by atoms with Crippen LogP contribution in [0, 0.1) is 22.7 Å². The number of carbonyl (C=O) groups is 2. The molecule has 6 nitrogen and oxygen atoms in total. The molecule has 0 saturated heterocycles. The highest BCUT2D eigenvalue weighted by molar-refractivity contribution is 5.86. The third-order valence-electron chi connectivity index (χ3n) is 1.47. The second-order valence-corrected chi connectivity index (χ2v) is 3.23. The van der Waals surface area contributed by atoms with Crippen LogP contribution in [0.25, 0.3) is 0 Å². The first-order valence-electron chi connectivity index (χ1n) is 5.24. The number of nitrogens with zero attached hydrogens (tertiary/aromatic N) is 2. The first-order valence-corrected chi connectivity index (χ1v) is 5.24. The van der Waals surface area contributed by atoms with E-state index in [9.17, 15) is 9.59 Å². The van der Waals surface area contributed by atoms with Crippen molar-refractivity contribution < 1.29 is 19.4 Å². The Bertz CT molecular complexity index is 363. The topological polar surface area (TPSA) is 111 Å². The molecule has 0 atom stereocenters. The van der Waals surface area contributed by atoms with Crippen LogP contribution < -0.4 is 0 Å². The summed E-state index contributed by atoms with van der Waals surface area (Å²) in [7, 11) is 0. The highest BCUT2D eigenvalue weighted by Crippen LogP contribution is 1.92. The fourth-order valence-corrected chi connectivity index (χ4v) is 0.631. The first kappa shape index (κ1) is 18.0. The van der Waals surface area contributed by atoms with Gasteiger partial charge in [-0.1, -0.05) is 6.58 Å². The van der Waals surface area contributed by atoms with Crippen molar-refractivity contribution in [3.8, 4) is 12.1 Å². The van der Waals surface area contributed by atoms with Gasteiger partial charge in [-0.3, -0.25) is 4.79 Å². The average molecular weight is 252 g/mol. The molecular weight excluding hydrogens is 236 g/mol. The standard InChI is InChI=1S/C7H9NO2.C5H7NO2/c1-6(2)7(9)10-5-3-4-8;6-4-2-1-3-5(7)8/h1,3,5H2,2H3;1-3H2,(H,7,8). The van der Waals surface area contributed by atoms with E-state index in [1.54, 1.807) is 6.92 Å². The van der Waals surface area contributed by atoms with Gasteiger partial charge in [0.15, 0.2) is 0 Å². The lowest BCUT2D eigenvalue weighted by Gasteiger charge is -1.98. The van der Waals surface area contributed by atoms with Crippen molar-refractivity contribution in [2.45, 2.75) is 32.6 Å². The van der Waals surface area contributed by atoms with Crippen LogP contribution in [0.5, 0.6) is 0 Å². The van der Waals surface area contributed by atoms with E-state index in [4.69, 9.17) is 15.6 Å². The zero-order valence-electron chi connectivity index (χ0n) is 10.3. The summed E-state index contributed by atoms with van der Waals surface area (Å²) in [5.74, 6) is -1.27. The molecule has 0 heterocycles. The molecule has 18 heavy (non-hydrogen) atoms. The largest absolute Gasteiger partial charge is 0.481 e. The molecule has 0 aromatic heterocycles. The molecule has 0 unspecified atom stereocenters. The predicted octanol–water partition coefficient (Wildman–Crippen LogP) is 1.78. The molecule has 0 radical (unpaired) electrons. The monoisotopic (exact) mass is 252 g/mol. The Hall–Kier alpha value is -2.34. The lowest BCUT2D eigenvalue weighted by atomic mass is 10.2. The second-order valence-electron chi connectivity index (χ2n) is 3.23. The van der Waals surface area contributed by atoms with Gasteiger partial charge in [0, 0.05) is 18.4 Å². The number of aliphatic carboxylic acids is 1. The van der Waals surface area contributed by atoms with E-state index in [1.807, 2.05) is 12.1 Å². The maximum Gasteiger partial charge on any atom is 0.333 e. The zero-order chi connectivity index (χ0) is 14.4. The van der Waals surface area contributed by atoms with Crippen molar-refractivity contribution in [2.75, 3.05) is 6.61 Å². The Kier molecular flexibility index (Phi) is 12.8. The SMILES string of the molecule is C=C(C)C(=O)OCCC#N.N#CCCCC(=O)O. The second kappa shape index (κ2) is 12.7. The van der Waals surface area contributed by atoms with Crippen molar-refractivity contribution in [3.63, 3.8) is 0 Å². The summed E-state index contributed by atoms with van der Waals surface area (Å²) >= 11 is 0. The van der Waals surface area contributed by atoms with Gasteiger partial charge < -0.3 is 9.84 Å². The van der Waals surface area contributed by atoms with Gasteiger partial charge in [0.25, 0.3) is 0 Å². The average Bonchev–Trinajstić information content (AvgIpc) is 2.30. The molecule has 0 rings (SSSR count). The minimum absolute atomic E-state index is 0.105. The fourth-order valence-electron chi connectivity index (χ4n) is 0.631. The lowest BCUT2D eigenvalue weighted by Crippen LogP contribution is -2.05. The Labute approximate surface area is 106 Å². The maximum atomic E-state index is 10.6. The highest BCUT2D eigenvalue weighted by Gasteiger charge is 2.00. The highest BCUT2D eigenvalue weighted by atomic mass is 16.5. The van der Waals surface area contributed by atoms with Crippen LogP contribution >= 0.6 is 0 Å². The fraction of sp³-hybridized carbons (Fsp3) is 0.500. The molecule has 0 fully saturated rings. The van der Waals surface area contributed by atoms with Gasteiger partial charge in [-0.2, -0.15) is 10.5 Å². The van der Waals surface area contributed by atoms with Crippen molar-refractivity contribution in [1.29, 1.82) is 10.5 Å². The minimum Gasteiger partial charge on any atom is -0.481 e. The molecule has 0 bridgehead atoms. The van der Waals surface area contributed by atoms with E-state index >= 15 is 0 Å². The molecular formula is C12H16N2O4. The van der Waals surface area contributed by atoms with Crippen LogP contribution in [-0.4, -0.2) is 23.7 Å². The number of carboxylic acid groups (broad SMARTS) is 1. The summed E-state index contributed by atoms with van der Waals surface area (Å²) in [5.41, 5.74) is 0.359. The molecule has 0 aromatic carbocycles. The number of nitriles is 2. The van der Waals surface area contributed by atoms with E-state index in [0.29, 0.717) is 18.4 Å². The number of unbranched alkanes of at least 4 members (excludes halogenated alkanes) is 1. The van der Waals surface area contributed by atoms with Crippen molar-refractivity contribution in [2.24, 2.45) is 0 Å². The molecule has 0 aromatic rings. The van der Waals surface area contributed by atoms with E-state index in [2.05, 4.69) is 11.3 Å². The van der Waals surface area contributed by atoms with Crippen molar-refractivity contribution >= 4 is 11.9 Å². The van der Waals surface area contributed by atoms with Gasteiger partial charge in [-0.25, -0.2) is 4.79 Å². The molecule has 1 N–H and O–H groups in total. The molecule has 0 saturated carbocycles. The van der Waals surface area contributed by atoms with Crippen molar-refractivity contribution in [1.82, 2.24) is 0 Å². The summed E-state index contributed by atoms with van der Waals surface area (Å²) < 4.78 is 4.58. The van der Waals surface area contributed by atoms with Gasteiger partial charge in [-0.15, -0.1) is 0 Å². The molecule has 6 heteroatoms. The maximum absolute atomic E-state index is 10.6. The smallest absolute Gasteiger partial charge is 0.333 e. The summed E-state index contributed by atoms with van der Waals surface area (Å²) in [6.07, 6.45) is 1.14. The van der Waals surface area contributed by atoms with E-state index in [-0.39, 0.29) is 19.4 Å². The van der Waals surface area contributed by atoms with Crippen LogP contribution in [0.4, 0.5) is 0 Å². The van der Waals surface area contributed by atoms with Gasteiger partial charge in [0.2, 0.25) is 0 Å². The number of carbonyl (C=O) groups excluding carboxylic acids is 1. The molecule has 0 amide bonds. The first-order chi connectivity index (χ1) is 8.45. The molecule has 0 aliphatic heterocycles. The summed E-state index contributed by atoms with van der Waals surface area (Å²) in [4.78, 5) is 20.4. The molecule has 0 aliphatic carbocycles. The third-order valence-corrected chi connectivity index (χ3v) is 1.47. The molecule has 98 valence electrons. The molecule has 0 aliphatic rings. The van der Waals surface area contributed by atoms with E-state index in [0.717, 1.165) is 0 Å². The van der Waals surface area contributed by atoms with Crippen LogP contribution in [0.15, 0.2) is 12.2 Å². The Balaban J connectivity index is 0. The van der Waals surface area contributed by atoms with Gasteiger partial charge in [0.05, 0.1) is 18.6 Å².